The molecule has 180 valence electrons. The summed E-state index contributed by atoms with van der Waals surface area (Å²) in [5.74, 6) is -1.02. The summed E-state index contributed by atoms with van der Waals surface area (Å²) in [4.78, 5) is 40.5. The van der Waals surface area contributed by atoms with E-state index < -0.39 is 17.5 Å². The number of fused-ring (bicyclic) bond motifs is 3. The van der Waals surface area contributed by atoms with E-state index in [-0.39, 0.29) is 47.3 Å². The Balaban J connectivity index is 1.84. The lowest BCUT2D eigenvalue weighted by Crippen LogP contribution is -2.63. The average molecular weight is 450 g/mol. The van der Waals surface area contributed by atoms with Gasteiger partial charge in [0.1, 0.15) is 12.4 Å². The molecule has 0 aliphatic heterocycles. The van der Waals surface area contributed by atoms with E-state index in [0.29, 0.717) is 19.6 Å². The molecule has 0 spiro atoms. The van der Waals surface area contributed by atoms with E-state index in [1.165, 1.54) is 7.11 Å². The molecule has 0 heterocycles. The molecule has 3 aliphatic rings. The molecule has 0 radical (unpaired) electrons. The van der Waals surface area contributed by atoms with Crippen LogP contribution >= 0.6 is 0 Å². The SMILES string of the molecule is COC(=O)[C@]1(C)C2CC(=O)C3C(CC/C(=C\C(=O)OCCN(C)C)[C@@H]3C)[C@@]2(C)CC[C@@H]1O. The fraction of sp³-hybridized carbons (Fsp3) is 0.800. The van der Waals surface area contributed by atoms with E-state index in [2.05, 4.69) is 6.92 Å². The minimum absolute atomic E-state index is 0.0448. The zero-order valence-corrected chi connectivity index (χ0v) is 20.3. The summed E-state index contributed by atoms with van der Waals surface area (Å²) in [5.41, 5.74) is -0.354. The first-order chi connectivity index (χ1) is 15.0. The minimum Gasteiger partial charge on any atom is -0.469 e. The van der Waals surface area contributed by atoms with Gasteiger partial charge in [0.25, 0.3) is 0 Å². The second-order valence-electron chi connectivity index (χ2n) is 10.7. The molecule has 32 heavy (non-hydrogen) atoms. The predicted octanol–water partition coefficient (Wildman–Crippen LogP) is 2.61. The van der Waals surface area contributed by atoms with Crippen molar-refractivity contribution < 1.29 is 29.0 Å². The average Bonchev–Trinajstić information content (AvgIpc) is 2.73. The molecule has 0 aromatic carbocycles. The van der Waals surface area contributed by atoms with Crippen LogP contribution in [0.4, 0.5) is 0 Å². The molecule has 3 aliphatic carbocycles. The van der Waals surface area contributed by atoms with Crippen molar-refractivity contribution >= 4 is 17.7 Å². The number of hydrogen-bond acceptors (Lipinski definition) is 7. The quantitative estimate of drug-likeness (QED) is 0.509. The second kappa shape index (κ2) is 9.26. The number of likely N-dealkylation sites (N-methyl/N-ethyl adjacent to an activating group) is 1. The highest BCUT2D eigenvalue weighted by atomic mass is 16.5. The van der Waals surface area contributed by atoms with Crippen molar-refractivity contribution in [1.82, 2.24) is 4.90 Å². The number of methoxy groups -OCH3 is 1. The third-order valence-corrected chi connectivity index (χ3v) is 8.81. The molecular weight excluding hydrogens is 410 g/mol. The van der Waals surface area contributed by atoms with E-state index in [1.807, 2.05) is 25.9 Å². The maximum atomic E-state index is 13.4. The van der Waals surface area contributed by atoms with Gasteiger partial charge in [-0.1, -0.05) is 19.4 Å². The third-order valence-electron chi connectivity index (χ3n) is 8.81. The Morgan fingerprint density at radius 2 is 1.94 bits per heavy atom. The van der Waals surface area contributed by atoms with Gasteiger partial charge in [0, 0.05) is 25.0 Å². The van der Waals surface area contributed by atoms with Crippen molar-refractivity contribution in [2.75, 3.05) is 34.4 Å². The normalized spacial score (nSPS) is 40.6. The molecule has 7 heteroatoms. The highest BCUT2D eigenvalue weighted by Gasteiger charge is 2.65. The number of ether oxygens (including phenoxy) is 2. The van der Waals surface area contributed by atoms with Crippen molar-refractivity contribution in [1.29, 1.82) is 0 Å². The number of carbonyl (C=O) groups is 3. The molecule has 3 saturated carbocycles. The molecule has 7 atom stereocenters. The first-order valence-electron chi connectivity index (χ1n) is 11.8. The van der Waals surface area contributed by atoms with E-state index in [4.69, 9.17) is 9.47 Å². The largest absolute Gasteiger partial charge is 0.469 e. The van der Waals surface area contributed by atoms with Crippen LogP contribution in [0.25, 0.3) is 0 Å². The zero-order valence-electron chi connectivity index (χ0n) is 20.3. The number of esters is 2. The number of aliphatic hydroxyl groups excluding tert-OH is 1. The molecule has 0 saturated heterocycles. The van der Waals surface area contributed by atoms with Gasteiger partial charge in [-0.15, -0.1) is 0 Å². The fourth-order valence-corrected chi connectivity index (χ4v) is 6.84. The van der Waals surface area contributed by atoms with Crippen LogP contribution in [0.2, 0.25) is 0 Å². The summed E-state index contributed by atoms with van der Waals surface area (Å²) in [6.07, 6.45) is 3.84. The van der Waals surface area contributed by atoms with Crippen LogP contribution in [-0.4, -0.2) is 68.2 Å². The van der Waals surface area contributed by atoms with E-state index in [0.717, 1.165) is 24.8 Å². The maximum Gasteiger partial charge on any atom is 0.330 e. The molecule has 7 nitrogen and oxygen atoms in total. The molecule has 1 N–H and O–H groups in total. The van der Waals surface area contributed by atoms with Gasteiger partial charge in [-0.25, -0.2) is 4.79 Å². The molecule has 0 aromatic heterocycles. The van der Waals surface area contributed by atoms with E-state index in [1.54, 1.807) is 13.0 Å². The first kappa shape index (κ1) is 24.9. The van der Waals surface area contributed by atoms with Gasteiger partial charge in [0.15, 0.2) is 0 Å². The summed E-state index contributed by atoms with van der Waals surface area (Å²) in [6.45, 7) is 6.99. The number of Topliss-reactive ketones (excluding diaryl/α,β-unsaturated/α-hetero) is 1. The molecule has 0 bridgehead atoms. The number of hydrogen-bond donors (Lipinski definition) is 1. The minimum atomic E-state index is -1.09. The summed E-state index contributed by atoms with van der Waals surface area (Å²) >= 11 is 0. The molecule has 0 amide bonds. The van der Waals surface area contributed by atoms with Crippen molar-refractivity contribution in [3.05, 3.63) is 11.6 Å². The van der Waals surface area contributed by atoms with Crippen LogP contribution in [0.3, 0.4) is 0 Å². The first-order valence-corrected chi connectivity index (χ1v) is 11.8. The van der Waals surface area contributed by atoms with Gasteiger partial charge in [-0.05, 0) is 69.9 Å². The van der Waals surface area contributed by atoms with Crippen molar-refractivity contribution in [3.63, 3.8) is 0 Å². The van der Waals surface area contributed by atoms with Gasteiger partial charge in [0.05, 0.1) is 18.6 Å². The van der Waals surface area contributed by atoms with Crippen LogP contribution in [0.15, 0.2) is 11.6 Å². The fourth-order valence-electron chi connectivity index (χ4n) is 6.84. The molecule has 0 aromatic rings. The molecule has 3 fully saturated rings. The van der Waals surface area contributed by atoms with Crippen LogP contribution in [-0.2, 0) is 23.9 Å². The molecular formula is C25H39NO6. The third kappa shape index (κ3) is 4.14. The Kier molecular flexibility index (Phi) is 7.20. The van der Waals surface area contributed by atoms with Gasteiger partial charge in [-0.3, -0.25) is 9.59 Å². The summed E-state index contributed by atoms with van der Waals surface area (Å²) in [5, 5.41) is 10.8. The topological polar surface area (TPSA) is 93.1 Å². The van der Waals surface area contributed by atoms with Crippen LogP contribution < -0.4 is 0 Å². The van der Waals surface area contributed by atoms with E-state index >= 15 is 0 Å². The number of rotatable bonds is 5. The van der Waals surface area contributed by atoms with E-state index in [9.17, 15) is 19.5 Å². The van der Waals surface area contributed by atoms with Crippen molar-refractivity contribution in [2.45, 2.75) is 59.0 Å². The Hall–Kier alpha value is -1.73. The lowest BCUT2D eigenvalue weighted by Gasteiger charge is -2.61. The summed E-state index contributed by atoms with van der Waals surface area (Å²) < 4.78 is 10.4. The van der Waals surface area contributed by atoms with Gasteiger partial charge in [-0.2, -0.15) is 0 Å². The van der Waals surface area contributed by atoms with Crippen molar-refractivity contribution in [2.24, 2.45) is 34.5 Å². The standard InChI is InChI=1S/C25H39NO6/c1-15-16(13-21(29)32-12-11-26(4)5)7-8-17-22(15)18(27)14-19-24(17,2)10-9-20(28)25(19,3)23(30)31-6/h13,15,17,19-20,22,28H,7-12,14H2,1-6H3/b16-13+/t15-,17?,19?,20-,22?,24+,25+/m0/s1. The maximum absolute atomic E-state index is 13.4. The lowest BCUT2D eigenvalue weighted by atomic mass is 9.42. The highest BCUT2D eigenvalue weighted by Crippen LogP contribution is 2.64. The van der Waals surface area contributed by atoms with Crippen LogP contribution in [0.1, 0.15) is 52.9 Å². The Morgan fingerprint density at radius 1 is 1.25 bits per heavy atom. The summed E-state index contributed by atoms with van der Waals surface area (Å²) in [6, 6.07) is 0. The second-order valence-corrected chi connectivity index (χ2v) is 10.7. The van der Waals surface area contributed by atoms with Gasteiger partial charge < -0.3 is 19.5 Å². The van der Waals surface area contributed by atoms with Gasteiger partial charge in [0.2, 0.25) is 0 Å². The molecule has 3 rings (SSSR count). The van der Waals surface area contributed by atoms with Crippen molar-refractivity contribution in [3.8, 4) is 0 Å². The highest BCUT2D eigenvalue weighted by molar-refractivity contribution is 5.87. The molecule has 3 unspecified atom stereocenters. The Labute approximate surface area is 191 Å². The number of carbonyl (C=O) groups excluding carboxylic acids is 3. The monoisotopic (exact) mass is 449 g/mol. The number of nitrogens with zero attached hydrogens (tertiary/aromatic N) is 1. The van der Waals surface area contributed by atoms with Crippen LogP contribution in [0, 0.1) is 34.5 Å². The Morgan fingerprint density at radius 3 is 2.56 bits per heavy atom. The summed E-state index contributed by atoms with van der Waals surface area (Å²) in [7, 11) is 5.19. The lowest BCUT2D eigenvalue weighted by molar-refractivity contribution is -0.197. The smallest absolute Gasteiger partial charge is 0.330 e. The predicted molar refractivity (Wildman–Crippen MR) is 120 cm³/mol. The number of allylic oxidation sites excluding steroid dienone is 1. The number of aliphatic hydroxyl groups is 1. The zero-order chi connectivity index (χ0) is 23.8. The van der Waals surface area contributed by atoms with Crippen LogP contribution in [0.5, 0.6) is 0 Å². The number of ketones is 1. The Bertz CT molecular complexity index is 791. The van der Waals surface area contributed by atoms with Gasteiger partial charge >= 0.3 is 11.9 Å².